The molecule has 0 amide bonds. The maximum absolute atomic E-state index is 11.5. The van der Waals surface area contributed by atoms with Crippen molar-refractivity contribution in [1.82, 2.24) is 0 Å². The summed E-state index contributed by atoms with van der Waals surface area (Å²) in [6, 6.07) is 2.55. The van der Waals surface area contributed by atoms with Gasteiger partial charge in [-0.2, -0.15) is 0 Å². The van der Waals surface area contributed by atoms with Crippen LogP contribution in [-0.2, 0) is 6.42 Å². The van der Waals surface area contributed by atoms with Crippen LogP contribution in [0.15, 0.2) is 12.1 Å². The lowest BCUT2D eigenvalue weighted by Gasteiger charge is -2.20. The highest BCUT2D eigenvalue weighted by Crippen LogP contribution is 2.32. The molecule has 74 valence electrons. The number of fused-ring (bicyclic) bond motifs is 1. The lowest BCUT2D eigenvalue weighted by molar-refractivity contribution is 0.0709. The molecule has 0 saturated heterocycles. The van der Waals surface area contributed by atoms with Crippen LogP contribution in [0.25, 0.3) is 0 Å². The molecule has 0 bridgehead atoms. The highest BCUT2D eigenvalue weighted by atomic mass is 16.3. The number of hydrogen-bond acceptors (Lipinski definition) is 4. The van der Waals surface area contributed by atoms with Crippen LogP contribution in [-0.4, -0.2) is 27.2 Å². The number of phenolic OH excluding ortho intramolecular Hbond substituents is 2. The van der Waals surface area contributed by atoms with Crippen molar-refractivity contribution in [3.63, 3.8) is 0 Å². The van der Waals surface area contributed by atoms with E-state index in [0.29, 0.717) is 18.4 Å². The lowest BCUT2D eigenvalue weighted by Crippen LogP contribution is -2.27. The van der Waals surface area contributed by atoms with Gasteiger partial charge < -0.3 is 15.3 Å². The number of ketones is 1. The summed E-state index contributed by atoms with van der Waals surface area (Å²) >= 11 is 0. The number of aliphatic hydroxyl groups excluding tert-OH is 1. The Labute approximate surface area is 80.4 Å². The maximum Gasteiger partial charge on any atom is 0.195 e. The second-order valence-corrected chi connectivity index (χ2v) is 3.42. The van der Waals surface area contributed by atoms with Gasteiger partial charge in [0, 0.05) is 6.07 Å². The third-order valence-electron chi connectivity index (χ3n) is 2.42. The van der Waals surface area contributed by atoms with Gasteiger partial charge in [-0.05, 0) is 24.5 Å². The molecule has 1 aliphatic carbocycles. The predicted molar refractivity (Wildman–Crippen MR) is 48.4 cm³/mol. The van der Waals surface area contributed by atoms with E-state index >= 15 is 0 Å². The average molecular weight is 194 g/mol. The predicted octanol–water partition coefficient (Wildman–Crippen LogP) is 0.588. The van der Waals surface area contributed by atoms with Gasteiger partial charge in [-0.1, -0.05) is 0 Å². The Morgan fingerprint density at radius 1 is 1.29 bits per heavy atom. The number of hydrogen-bond donors (Lipinski definition) is 3. The molecule has 2 rings (SSSR count). The van der Waals surface area contributed by atoms with Crippen LogP contribution in [0.2, 0.25) is 0 Å². The molecule has 0 saturated carbocycles. The fraction of sp³-hybridized carbons (Fsp3) is 0.300. The molecule has 0 unspecified atom stereocenters. The Kier molecular flexibility index (Phi) is 1.93. The van der Waals surface area contributed by atoms with Crippen LogP contribution >= 0.6 is 0 Å². The zero-order valence-corrected chi connectivity index (χ0v) is 7.40. The highest BCUT2D eigenvalue weighted by Gasteiger charge is 2.28. The normalized spacial score (nSPS) is 20.6. The van der Waals surface area contributed by atoms with Gasteiger partial charge in [0.1, 0.15) is 17.6 Å². The van der Waals surface area contributed by atoms with Crippen molar-refractivity contribution in [2.45, 2.75) is 18.9 Å². The molecule has 4 heteroatoms. The number of rotatable bonds is 0. The molecule has 0 fully saturated rings. The molecular formula is C10H10O4. The molecular weight excluding hydrogens is 184 g/mol. The first kappa shape index (κ1) is 9.02. The quantitative estimate of drug-likeness (QED) is 0.564. The number of benzene rings is 1. The Hall–Kier alpha value is -1.55. The summed E-state index contributed by atoms with van der Waals surface area (Å²) in [6.07, 6.45) is -0.197. The first-order valence-corrected chi connectivity index (χ1v) is 4.36. The molecule has 0 aromatic heterocycles. The fourth-order valence-corrected chi connectivity index (χ4v) is 1.74. The van der Waals surface area contributed by atoms with E-state index in [1.807, 2.05) is 0 Å². The summed E-state index contributed by atoms with van der Waals surface area (Å²) in [7, 11) is 0. The van der Waals surface area contributed by atoms with Crippen LogP contribution < -0.4 is 0 Å². The third kappa shape index (κ3) is 1.24. The fourth-order valence-electron chi connectivity index (χ4n) is 1.74. The zero-order valence-electron chi connectivity index (χ0n) is 7.40. The topological polar surface area (TPSA) is 77.8 Å². The molecule has 0 heterocycles. The van der Waals surface area contributed by atoms with Gasteiger partial charge in [0.15, 0.2) is 5.78 Å². The van der Waals surface area contributed by atoms with E-state index in [2.05, 4.69) is 0 Å². The molecule has 1 aliphatic rings. The largest absolute Gasteiger partial charge is 0.508 e. The van der Waals surface area contributed by atoms with Crippen molar-refractivity contribution in [2.24, 2.45) is 0 Å². The van der Waals surface area contributed by atoms with E-state index in [0.717, 1.165) is 6.07 Å². The van der Waals surface area contributed by atoms with Gasteiger partial charge in [0.05, 0.1) is 5.56 Å². The number of carbonyl (C=O) groups is 1. The first-order valence-electron chi connectivity index (χ1n) is 4.36. The van der Waals surface area contributed by atoms with Crippen LogP contribution in [0.4, 0.5) is 0 Å². The SMILES string of the molecule is O=C1c2c(O)cc(O)cc2CC[C@@H]1O. The summed E-state index contributed by atoms with van der Waals surface area (Å²) in [4.78, 5) is 11.5. The summed E-state index contributed by atoms with van der Waals surface area (Å²) in [5.74, 6) is -0.794. The Bertz CT molecular complexity index is 397. The van der Waals surface area contributed by atoms with E-state index in [4.69, 9.17) is 0 Å². The minimum absolute atomic E-state index is 0.0644. The van der Waals surface area contributed by atoms with Crippen LogP contribution in [0.5, 0.6) is 11.5 Å². The molecule has 1 atom stereocenters. The monoisotopic (exact) mass is 194 g/mol. The van der Waals surface area contributed by atoms with Crippen molar-refractivity contribution in [3.8, 4) is 11.5 Å². The highest BCUT2D eigenvalue weighted by molar-refractivity contribution is 6.04. The Balaban J connectivity index is 2.60. The Morgan fingerprint density at radius 3 is 2.71 bits per heavy atom. The number of aromatic hydroxyl groups is 2. The van der Waals surface area contributed by atoms with Crippen molar-refractivity contribution < 1.29 is 20.1 Å². The molecule has 1 aromatic carbocycles. The van der Waals surface area contributed by atoms with Gasteiger partial charge in [-0.25, -0.2) is 0 Å². The van der Waals surface area contributed by atoms with Crippen LogP contribution in [0.1, 0.15) is 22.3 Å². The van der Waals surface area contributed by atoms with E-state index in [1.165, 1.54) is 6.07 Å². The summed E-state index contributed by atoms with van der Waals surface area (Å²) < 4.78 is 0. The number of aryl methyl sites for hydroxylation is 1. The van der Waals surface area contributed by atoms with E-state index < -0.39 is 11.9 Å². The third-order valence-corrected chi connectivity index (χ3v) is 2.42. The van der Waals surface area contributed by atoms with Crippen molar-refractivity contribution in [2.75, 3.05) is 0 Å². The summed E-state index contributed by atoms with van der Waals surface area (Å²) in [5, 5.41) is 27.9. The van der Waals surface area contributed by atoms with E-state index in [-0.39, 0.29) is 17.1 Å². The van der Waals surface area contributed by atoms with Gasteiger partial charge in [0.25, 0.3) is 0 Å². The van der Waals surface area contributed by atoms with Crippen LogP contribution in [0.3, 0.4) is 0 Å². The van der Waals surface area contributed by atoms with E-state index in [9.17, 15) is 20.1 Å². The standard InChI is InChI=1S/C10H10O4/c11-6-3-5-1-2-7(12)10(14)9(5)8(13)4-6/h3-4,7,11-13H,1-2H2/t7-/m0/s1. The molecule has 0 radical (unpaired) electrons. The second kappa shape index (κ2) is 2.99. The number of carbonyl (C=O) groups excluding carboxylic acids is 1. The molecule has 4 nitrogen and oxygen atoms in total. The smallest absolute Gasteiger partial charge is 0.195 e. The number of phenols is 2. The summed E-state index contributed by atoms with van der Waals surface area (Å²) in [5.41, 5.74) is 0.736. The second-order valence-electron chi connectivity index (χ2n) is 3.42. The Morgan fingerprint density at radius 2 is 2.00 bits per heavy atom. The van der Waals surface area contributed by atoms with Crippen molar-refractivity contribution >= 4 is 5.78 Å². The van der Waals surface area contributed by atoms with Crippen molar-refractivity contribution in [1.29, 1.82) is 0 Å². The minimum Gasteiger partial charge on any atom is -0.508 e. The van der Waals surface area contributed by atoms with Gasteiger partial charge in [-0.15, -0.1) is 0 Å². The average Bonchev–Trinajstić information content (AvgIpc) is 2.10. The van der Waals surface area contributed by atoms with Gasteiger partial charge in [0.2, 0.25) is 0 Å². The molecule has 1 aromatic rings. The number of aliphatic hydroxyl groups is 1. The number of Topliss-reactive ketones (excluding diaryl/α,β-unsaturated/α-hetero) is 1. The maximum atomic E-state index is 11.5. The molecule has 0 aliphatic heterocycles. The summed E-state index contributed by atoms with van der Waals surface area (Å²) in [6.45, 7) is 0. The lowest BCUT2D eigenvalue weighted by atomic mass is 9.88. The van der Waals surface area contributed by atoms with Gasteiger partial charge >= 0.3 is 0 Å². The molecule has 3 N–H and O–H groups in total. The zero-order chi connectivity index (χ0) is 10.3. The van der Waals surface area contributed by atoms with Crippen molar-refractivity contribution in [3.05, 3.63) is 23.3 Å². The minimum atomic E-state index is -1.03. The van der Waals surface area contributed by atoms with E-state index in [1.54, 1.807) is 0 Å². The first-order chi connectivity index (χ1) is 6.59. The van der Waals surface area contributed by atoms with Crippen LogP contribution in [0, 0.1) is 0 Å². The van der Waals surface area contributed by atoms with Gasteiger partial charge in [-0.3, -0.25) is 4.79 Å². The molecule has 14 heavy (non-hydrogen) atoms. The molecule has 0 spiro atoms.